The van der Waals surface area contributed by atoms with E-state index in [0.29, 0.717) is 11.1 Å². The summed E-state index contributed by atoms with van der Waals surface area (Å²) in [4.78, 5) is 0. The Morgan fingerprint density at radius 2 is 1.70 bits per heavy atom. The van der Waals surface area contributed by atoms with Crippen molar-refractivity contribution in [2.24, 2.45) is 0 Å². The lowest BCUT2D eigenvalue weighted by Crippen LogP contribution is -2.05. The van der Waals surface area contributed by atoms with Crippen LogP contribution in [0.4, 0.5) is 13.2 Å². The first kappa shape index (κ1) is 14.0. The molecule has 0 saturated heterocycles. The molecule has 20 heavy (non-hydrogen) atoms. The molecule has 0 heterocycles. The average Bonchev–Trinajstić information content (AvgIpc) is 2.45. The summed E-state index contributed by atoms with van der Waals surface area (Å²) in [5.74, 6) is 2.66. The molecule has 0 aliphatic carbocycles. The van der Waals surface area contributed by atoms with E-state index >= 15 is 0 Å². The summed E-state index contributed by atoms with van der Waals surface area (Å²) in [7, 11) is 1.34. The van der Waals surface area contributed by atoms with E-state index in [-0.39, 0.29) is 5.75 Å². The molecule has 0 spiro atoms. The molecule has 0 aromatic heterocycles. The zero-order valence-corrected chi connectivity index (χ0v) is 10.7. The fourth-order valence-corrected chi connectivity index (χ4v) is 1.85. The van der Waals surface area contributed by atoms with Gasteiger partial charge in [0.05, 0.1) is 12.7 Å². The molecule has 2 aromatic rings. The van der Waals surface area contributed by atoms with E-state index < -0.39 is 11.7 Å². The number of methoxy groups -OCH3 is 1. The highest BCUT2D eigenvalue weighted by molar-refractivity contribution is 5.71. The van der Waals surface area contributed by atoms with Gasteiger partial charge in [-0.15, -0.1) is 6.42 Å². The normalized spacial score (nSPS) is 10.9. The van der Waals surface area contributed by atoms with Crippen molar-refractivity contribution < 1.29 is 17.9 Å². The number of hydrogen-bond acceptors (Lipinski definition) is 1. The Balaban J connectivity index is 2.49. The fraction of sp³-hybridized carbons (Fsp3) is 0.125. The topological polar surface area (TPSA) is 9.23 Å². The molecule has 0 N–H and O–H groups in total. The maximum absolute atomic E-state index is 12.7. The number of terminal acetylenes is 1. The Morgan fingerprint density at radius 3 is 2.20 bits per heavy atom. The van der Waals surface area contributed by atoms with Crippen LogP contribution in [0.2, 0.25) is 0 Å². The van der Waals surface area contributed by atoms with Crippen LogP contribution < -0.4 is 4.74 Å². The van der Waals surface area contributed by atoms with Gasteiger partial charge in [-0.2, -0.15) is 13.2 Å². The zero-order chi connectivity index (χ0) is 14.8. The minimum absolute atomic E-state index is 0.174. The predicted molar refractivity (Wildman–Crippen MR) is 71.4 cm³/mol. The first-order valence-electron chi connectivity index (χ1n) is 5.78. The van der Waals surface area contributed by atoms with Crippen molar-refractivity contribution in [1.82, 2.24) is 0 Å². The number of hydrogen-bond donors (Lipinski definition) is 0. The first-order valence-corrected chi connectivity index (χ1v) is 5.78. The van der Waals surface area contributed by atoms with E-state index in [0.717, 1.165) is 17.7 Å². The maximum atomic E-state index is 12.7. The largest absolute Gasteiger partial charge is 0.496 e. The maximum Gasteiger partial charge on any atom is 0.416 e. The van der Waals surface area contributed by atoms with Gasteiger partial charge in [-0.1, -0.05) is 24.1 Å². The van der Waals surface area contributed by atoms with Gasteiger partial charge in [0.25, 0.3) is 0 Å². The third-order valence-corrected chi connectivity index (χ3v) is 2.89. The summed E-state index contributed by atoms with van der Waals surface area (Å²) in [5, 5.41) is 0. The second-order valence-electron chi connectivity index (χ2n) is 4.13. The summed E-state index contributed by atoms with van der Waals surface area (Å²) in [6.45, 7) is 0. The molecule has 2 aromatic carbocycles. The summed E-state index contributed by atoms with van der Waals surface area (Å²) in [6, 6.07) is 10.4. The van der Waals surface area contributed by atoms with Gasteiger partial charge >= 0.3 is 6.18 Å². The lowest BCUT2D eigenvalue weighted by molar-refractivity contribution is -0.137. The van der Waals surface area contributed by atoms with E-state index in [1.807, 2.05) is 0 Å². The second-order valence-corrected chi connectivity index (χ2v) is 4.13. The van der Waals surface area contributed by atoms with Crippen molar-refractivity contribution in [3.63, 3.8) is 0 Å². The van der Waals surface area contributed by atoms with Crippen molar-refractivity contribution >= 4 is 0 Å². The van der Waals surface area contributed by atoms with Gasteiger partial charge in [0.2, 0.25) is 0 Å². The lowest BCUT2D eigenvalue weighted by Gasteiger charge is -2.13. The van der Waals surface area contributed by atoms with Crippen LogP contribution >= 0.6 is 0 Å². The highest BCUT2D eigenvalue weighted by Gasteiger charge is 2.31. The van der Waals surface area contributed by atoms with Crippen LogP contribution in [-0.2, 0) is 6.18 Å². The highest BCUT2D eigenvalue weighted by Crippen LogP contribution is 2.36. The Kier molecular flexibility index (Phi) is 3.71. The van der Waals surface area contributed by atoms with Gasteiger partial charge in [-0.25, -0.2) is 0 Å². The molecule has 0 saturated carbocycles. The van der Waals surface area contributed by atoms with Gasteiger partial charge in [0, 0.05) is 11.1 Å². The van der Waals surface area contributed by atoms with E-state index in [9.17, 15) is 13.2 Å². The van der Waals surface area contributed by atoms with Crippen molar-refractivity contribution in [2.45, 2.75) is 6.18 Å². The molecule has 0 atom stereocenters. The summed E-state index contributed by atoms with van der Waals surface area (Å²) < 4.78 is 43.0. The molecule has 0 unspecified atom stereocenters. The summed E-state index contributed by atoms with van der Waals surface area (Å²) in [5.41, 5.74) is 1.30. The molecular weight excluding hydrogens is 265 g/mol. The predicted octanol–water partition coefficient (Wildman–Crippen LogP) is 4.36. The fourth-order valence-electron chi connectivity index (χ4n) is 1.85. The van der Waals surface area contributed by atoms with Crippen molar-refractivity contribution in [1.29, 1.82) is 0 Å². The molecule has 0 aliphatic heterocycles. The van der Waals surface area contributed by atoms with Crippen LogP contribution in [0.3, 0.4) is 0 Å². The highest BCUT2D eigenvalue weighted by atomic mass is 19.4. The number of rotatable bonds is 2. The van der Waals surface area contributed by atoms with Crippen molar-refractivity contribution in [3.8, 4) is 29.2 Å². The molecular formula is C16H11F3O. The lowest BCUT2D eigenvalue weighted by atomic mass is 10.0. The number of alkyl halides is 3. The second kappa shape index (κ2) is 5.30. The van der Waals surface area contributed by atoms with Crippen LogP contribution in [0.15, 0.2) is 42.5 Å². The van der Waals surface area contributed by atoms with Gasteiger partial charge in [0.15, 0.2) is 0 Å². The first-order chi connectivity index (χ1) is 9.45. The quantitative estimate of drug-likeness (QED) is 0.740. The van der Waals surface area contributed by atoms with Crippen LogP contribution in [0, 0.1) is 12.3 Å². The third-order valence-electron chi connectivity index (χ3n) is 2.89. The summed E-state index contributed by atoms with van der Waals surface area (Å²) in [6.07, 6.45) is 0.873. The molecule has 0 radical (unpaired) electrons. The Bertz CT molecular complexity index is 649. The van der Waals surface area contributed by atoms with Crippen molar-refractivity contribution in [2.75, 3.05) is 7.11 Å². The van der Waals surface area contributed by atoms with E-state index in [1.165, 1.54) is 13.2 Å². The molecule has 1 nitrogen and oxygen atoms in total. The van der Waals surface area contributed by atoms with E-state index in [2.05, 4.69) is 5.92 Å². The van der Waals surface area contributed by atoms with Crippen LogP contribution in [-0.4, -0.2) is 7.11 Å². The molecule has 0 fully saturated rings. The monoisotopic (exact) mass is 276 g/mol. The number of benzene rings is 2. The molecule has 0 amide bonds. The van der Waals surface area contributed by atoms with E-state index in [1.54, 1.807) is 24.3 Å². The number of halogens is 3. The average molecular weight is 276 g/mol. The minimum atomic E-state index is -4.39. The smallest absolute Gasteiger partial charge is 0.416 e. The zero-order valence-electron chi connectivity index (χ0n) is 10.7. The van der Waals surface area contributed by atoms with E-state index in [4.69, 9.17) is 11.2 Å². The van der Waals surface area contributed by atoms with Gasteiger partial charge < -0.3 is 4.74 Å². The Labute approximate surface area is 115 Å². The summed E-state index contributed by atoms with van der Waals surface area (Å²) >= 11 is 0. The van der Waals surface area contributed by atoms with Crippen molar-refractivity contribution in [3.05, 3.63) is 53.6 Å². The Hall–Kier alpha value is -2.41. The SMILES string of the molecule is C#Cc1ccc(-c2ccc(C(F)(F)F)cc2OC)cc1. The van der Waals surface area contributed by atoms with Gasteiger partial charge in [-0.3, -0.25) is 0 Å². The van der Waals surface area contributed by atoms with Crippen LogP contribution in [0.1, 0.15) is 11.1 Å². The third kappa shape index (κ3) is 2.77. The molecule has 2 rings (SSSR count). The van der Waals surface area contributed by atoms with Gasteiger partial charge in [0.1, 0.15) is 5.75 Å². The minimum Gasteiger partial charge on any atom is -0.496 e. The standard InChI is InChI=1S/C16H11F3O/c1-3-11-4-6-12(7-5-11)14-9-8-13(16(17,18)19)10-15(14)20-2/h1,4-10H,2H3. The Morgan fingerprint density at radius 1 is 1.05 bits per heavy atom. The molecule has 102 valence electrons. The van der Waals surface area contributed by atoms with Gasteiger partial charge in [-0.05, 0) is 29.8 Å². The van der Waals surface area contributed by atoms with Crippen LogP contribution in [0.5, 0.6) is 5.75 Å². The van der Waals surface area contributed by atoms with Crippen LogP contribution in [0.25, 0.3) is 11.1 Å². The molecule has 4 heteroatoms. The molecule has 0 aliphatic rings. The number of ether oxygens (including phenoxy) is 1. The molecule has 0 bridgehead atoms.